The molecule has 0 saturated heterocycles. The molecule has 2 heteroatoms. The average molecular weight is 215 g/mol. The van der Waals surface area contributed by atoms with E-state index in [0.717, 1.165) is 12.3 Å². The molecular formula is C11H15ClS. The van der Waals surface area contributed by atoms with Gasteiger partial charge in [0.15, 0.2) is 0 Å². The fraction of sp³-hybridized carbons (Fsp3) is 0.455. The van der Waals surface area contributed by atoms with Gasteiger partial charge < -0.3 is 0 Å². The molecular weight excluding hydrogens is 200 g/mol. The number of rotatable bonds is 5. The SMILES string of the molecule is Cc1ccccc1SCCCCCl. The van der Waals surface area contributed by atoms with Gasteiger partial charge in [0.2, 0.25) is 0 Å². The van der Waals surface area contributed by atoms with Crippen molar-refractivity contribution < 1.29 is 0 Å². The van der Waals surface area contributed by atoms with E-state index in [-0.39, 0.29) is 0 Å². The number of halogens is 1. The highest BCUT2D eigenvalue weighted by atomic mass is 35.5. The Morgan fingerprint density at radius 3 is 2.69 bits per heavy atom. The number of thioether (sulfide) groups is 1. The number of hydrogen-bond donors (Lipinski definition) is 0. The van der Waals surface area contributed by atoms with Crippen molar-refractivity contribution in [3.8, 4) is 0 Å². The van der Waals surface area contributed by atoms with Gasteiger partial charge in [-0.25, -0.2) is 0 Å². The lowest BCUT2D eigenvalue weighted by molar-refractivity contribution is 0.902. The molecule has 1 rings (SSSR count). The van der Waals surface area contributed by atoms with Crippen molar-refractivity contribution in [3.63, 3.8) is 0 Å². The third-order valence-corrected chi connectivity index (χ3v) is 3.41. The Kier molecular flexibility index (Phi) is 5.33. The minimum absolute atomic E-state index is 0.786. The molecule has 72 valence electrons. The minimum atomic E-state index is 0.786. The van der Waals surface area contributed by atoms with Gasteiger partial charge in [-0.05, 0) is 37.1 Å². The average Bonchev–Trinajstić information content (AvgIpc) is 2.15. The molecule has 0 N–H and O–H groups in total. The summed E-state index contributed by atoms with van der Waals surface area (Å²) in [4.78, 5) is 1.40. The smallest absolute Gasteiger partial charge is 0.0223 e. The highest BCUT2D eigenvalue weighted by molar-refractivity contribution is 7.99. The molecule has 0 amide bonds. The van der Waals surface area contributed by atoms with E-state index in [1.165, 1.54) is 22.6 Å². The maximum atomic E-state index is 5.61. The van der Waals surface area contributed by atoms with Gasteiger partial charge in [-0.1, -0.05) is 18.2 Å². The second kappa shape index (κ2) is 6.33. The van der Waals surface area contributed by atoms with Crippen molar-refractivity contribution in [2.45, 2.75) is 24.7 Å². The summed E-state index contributed by atoms with van der Waals surface area (Å²) < 4.78 is 0. The van der Waals surface area contributed by atoms with E-state index < -0.39 is 0 Å². The van der Waals surface area contributed by atoms with Gasteiger partial charge in [0, 0.05) is 10.8 Å². The lowest BCUT2D eigenvalue weighted by atomic mass is 10.2. The third-order valence-electron chi connectivity index (χ3n) is 1.88. The highest BCUT2D eigenvalue weighted by Gasteiger charge is 1.96. The minimum Gasteiger partial charge on any atom is -0.127 e. The van der Waals surface area contributed by atoms with Crippen LogP contribution in [0.5, 0.6) is 0 Å². The van der Waals surface area contributed by atoms with E-state index in [0.29, 0.717) is 0 Å². The van der Waals surface area contributed by atoms with Crippen LogP contribution in [0, 0.1) is 6.92 Å². The van der Waals surface area contributed by atoms with Gasteiger partial charge in [-0.3, -0.25) is 0 Å². The molecule has 0 aliphatic rings. The van der Waals surface area contributed by atoms with E-state index in [9.17, 15) is 0 Å². The Morgan fingerprint density at radius 1 is 1.23 bits per heavy atom. The first kappa shape index (κ1) is 10.9. The zero-order chi connectivity index (χ0) is 9.52. The number of aryl methyl sites for hydroxylation is 1. The third kappa shape index (κ3) is 4.06. The number of hydrogen-bond acceptors (Lipinski definition) is 1. The first-order chi connectivity index (χ1) is 6.34. The first-order valence-corrected chi connectivity index (χ1v) is 6.11. The van der Waals surface area contributed by atoms with Crippen molar-refractivity contribution in [2.75, 3.05) is 11.6 Å². The second-order valence-electron chi connectivity index (χ2n) is 3.01. The van der Waals surface area contributed by atoms with Crippen molar-refractivity contribution in [1.82, 2.24) is 0 Å². The lowest BCUT2D eigenvalue weighted by Crippen LogP contribution is -1.83. The Bertz CT molecular complexity index is 248. The molecule has 0 saturated carbocycles. The maximum absolute atomic E-state index is 5.61. The molecule has 0 aliphatic heterocycles. The van der Waals surface area contributed by atoms with Crippen LogP contribution in [-0.2, 0) is 0 Å². The van der Waals surface area contributed by atoms with Gasteiger partial charge in [0.05, 0.1) is 0 Å². The van der Waals surface area contributed by atoms with Crippen LogP contribution in [0.3, 0.4) is 0 Å². The largest absolute Gasteiger partial charge is 0.127 e. The monoisotopic (exact) mass is 214 g/mol. The first-order valence-electron chi connectivity index (χ1n) is 4.59. The number of alkyl halides is 1. The lowest BCUT2D eigenvalue weighted by Gasteiger charge is -2.03. The molecule has 0 spiro atoms. The van der Waals surface area contributed by atoms with Crippen LogP contribution in [0.25, 0.3) is 0 Å². The summed E-state index contributed by atoms with van der Waals surface area (Å²) in [5.41, 5.74) is 1.37. The Morgan fingerprint density at radius 2 is 2.00 bits per heavy atom. The topological polar surface area (TPSA) is 0 Å². The van der Waals surface area contributed by atoms with Crippen LogP contribution in [-0.4, -0.2) is 11.6 Å². The van der Waals surface area contributed by atoms with Gasteiger partial charge in [0.25, 0.3) is 0 Å². The fourth-order valence-corrected chi connectivity index (χ4v) is 2.32. The highest BCUT2D eigenvalue weighted by Crippen LogP contribution is 2.22. The van der Waals surface area contributed by atoms with Gasteiger partial charge in [-0.15, -0.1) is 23.4 Å². The van der Waals surface area contributed by atoms with Gasteiger partial charge in [-0.2, -0.15) is 0 Å². The van der Waals surface area contributed by atoms with Crippen LogP contribution in [0.1, 0.15) is 18.4 Å². The molecule has 1 aromatic carbocycles. The summed E-state index contributed by atoms with van der Waals surface area (Å²) in [5, 5.41) is 0. The van der Waals surface area contributed by atoms with E-state index in [1.807, 2.05) is 11.8 Å². The van der Waals surface area contributed by atoms with E-state index in [2.05, 4.69) is 31.2 Å². The molecule has 0 aromatic heterocycles. The van der Waals surface area contributed by atoms with Crippen LogP contribution in [0.2, 0.25) is 0 Å². The fourth-order valence-electron chi connectivity index (χ4n) is 1.10. The Labute approximate surface area is 89.7 Å². The van der Waals surface area contributed by atoms with E-state index in [4.69, 9.17) is 11.6 Å². The summed E-state index contributed by atoms with van der Waals surface area (Å²) >= 11 is 7.53. The van der Waals surface area contributed by atoms with Gasteiger partial charge >= 0.3 is 0 Å². The van der Waals surface area contributed by atoms with Crippen molar-refractivity contribution in [2.24, 2.45) is 0 Å². The summed E-state index contributed by atoms with van der Waals surface area (Å²) in [6.45, 7) is 2.16. The molecule has 0 aliphatic carbocycles. The van der Waals surface area contributed by atoms with E-state index in [1.54, 1.807) is 0 Å². The molecule has 0 radical (unpaired) electrons. The molecule has 0 nitrogen and oxygen atoms in total. The van der Waals surface area contributed by atoms with Crippen molar-refractivity contribution >= 4 is 23.4 Å². The molecule has 0 heterocycles. The Hall–Kier alpha value is -0.140. The normalized spacial score (nSPS) is 10.3. The van der Waals surface area contributed by atoms with Crippen molar-refractivity contribution in [1.29, 1.82) is 0 Å². The van der Waals surface area contributed by atoms with Crippen LogP contribution >= 0.6 is 23.4 Å². The quantitative estimate of drug-likeness (QED) is 0.404. The van der Waals surface area contributed by atoms with Gasteiger partial charge in [0.1, 0.15) is 0 Å². The van der Waals surface area contributed by atoms with Crippen molar-refractivity contribution in [3.05, 3.63) is 29.8 Å². The standard InChI is InChI=1S/C11H15ClS/c1-10-6-2-3-7-11(10)13-9-5-4-8-12/h2-3,6-7H,4-5,8-9H2,1H3. The Balaban J connectivity index is 2.32. The predicted molar refractivity (Wildman–Crippen MR) is 61.9 cm³/mol. The summed E-state index contributed by atoms with van der Waals surface area (Å²) in [6, 6.07) is 8.51. The molecule has 0 atom stereocenters. The maximum Gasteiger partial charge on any atom is 0.0223 e. The van der Waals surface area contributed by atoms with E-state index >= 15 is 0 Å². The molecule has 0 unspecified atom stereocenters. The second-order valence-corrected chi connectivity index (χ2v) is 4.52. The summed E-state index contributed by atoms with van der Waals surface area (Å²) in [5.74, 6) is 1.96. The summed E-state index contributed by atoms with van der Waals surface area (Å²) in [7, 11) is 0. The molecule has 0 bridgehead atoms. The molecule has 0 fully saturated rings. The van der Waals surface area contributed by atoms with Crippen LogP contribution in [0.15, 0.2) is 29.2 Å². The number of unbranched alkanes of at least 4 members (excludes halogenated alkanes) is 1. The zero-order valence-electron chi connectivity index (χ0n) is 7.92. The zero-order valence-corrected chi connectivity index (χ0v) is 9.50. The molecule has 13 heavy (non-hydrogen) atoms. The summed E-state index contributed by atoms with van der Waals surface area (Å²) in [6.07, 6.45) is 2.34. The van der Waals surface area contributed by atoms with Crippen LogP contribution in [0.4, 0.5) is 0 Å². The molecule has 1 aromatic rings. The van der Waals surface area contributed by atoms with Crippen LogP contribution < -0.4 is 0 Å². The number of benzene rings is 1. The predicted octanol–water partition coefficient (Wildman–Crippen LogP) is 4.11.